The van der Waals surface area contributed by atoms with Crippen molar-refractivity contribution in [3.63, 3.8) is 0 Å². The number of rotatable bonds is 6. The highest BCUT2D eigenvalue weighted by Gasteiger charge is 2.21. The van der Waals surface area contributed by atoms with Crippen LogP contribution in [0.5, 0.6) is 0 Å². The standard InChI is InChI=1S/C17H22ClN3/c1-3-8-21-12(2)17(11-20-21)16-7-4-14(18)9-13(16)10-19-15-5-6-15/h4,7,9,11,15,19H,3,5-6,8,10H2,1-2H3. The van der Waals surface area contributed by atoms with E-state index in [1.165, 1.54) is 35.2 Å². The number of aryl methyl sites for hydroxylation is 1. The molecule has 1 heterocycles. The van der Waals surface area contributed by atoms with Gasteiger partial charge in [-0.2, -0.15) is 5.10 Å². The van der Waals surface area contributed by atoms with E-state index in [2.05, 4.69) is 41.1 Å². The zero-order valence-electron chi connectivity index (χ0n) is 12.7. The molecule has 1 aromatic heterocycles. The summed E-state index contributed by atoms with van der Waals surface area (Å²) < 4.78 is 2.09. The van der Waals surface area contributed by atoms with E-state index in [-0.39, 0.29) is 0 Å². The van der Waals surface area contributed by atoms with E-state index in [0.717, 1.165) is 24.5 Å². The molecule has 3 rings (SSSR count). The first-order valence-electron chi connectivity index (χ1n) is 7.73. The Kier molecular flexibility index (Phi) is 4.32. The molecule has 0 spiro atoms. The van der Waals surface area contributed by atoms with Gasteiger partial charge in [0.1, 0.15) is 0 Å². The Bertz CT molecular complexity index is 629. The minimum Gasteiger partial charge on any atom is -0.310 e. The van der Waals surface area contributed by atoms with Gasteiger partial charge in [0.25, 0.3) is 0 Å². The second-order valence-corrected chi connectivity index (χ2v) is 6.26. The highest BCUT2D eigenvalue weighted by molar-refractivity contribution is 6.30. The van der Waals surface area contributed by atoms with Crippen molar-refractivity contribution in [2.75, 3.05) is 0 Å². The van der Waals surface area contributed by atoms with Crippen LogP contribution in [0.25, 0.3) is 11.1 Å². The zero-order valence-corrected chi connectivity index (χ0v) is 13.5. The van der Waals surface area contributed by atoms with Crippen LogP contribution < -0.4 is 5.32 Å². The lowest BCUT2D eigenvalue weighted by molar-refractivity contribution is 0.587. The average Bonchev–Trinajstić information content (AvgIpc) is 3.23. The first kappa shape index (κ1) is 14.6. The molecular formula is C17H22ClN3. The molecule has 3 nitrogen and oxygen atoms in total. The first-order valence-corrected chi connectivity index (χ1v) is 8.11. The molecule has 1 aromatic carbocycles. The van der Waals surface area contributed by atoms with Crippen molar-refractivity contribution < 1.29 is 0 Å². The van der Waals surface area contributed by atoms with Crippen molar-refractivity contribution >= 4 is 11.6 Å². The lowest BCUT2D eigenvalue weighted by atomic mass is 10.00. The van der Waals surface area contributed by atoms with E-state index in [4.69, 9.17) is 11.6 Å². The predicted molar refractivity (Wildman–Crippen MR) is 87.6 cm³/mol. The molecule has 0 radical (unpaired) electrons. The molecule has 0 atom stereocenters. The summed E-state index contributed by atoms with van der Waals surface area (Å²) in [5.74, 6) is 0. The van der Waals surface area contributed by atoms with Crippen LogP contribution in [0.15, 0.2) is 24.4 Å². The Morgan fingerprint density at radius 2 is 2.14 bits per heavy atom. The monoisotopic (exact) mass is 303 g/mol. The average molecular weight is 304 g/mol. The summed E-state index contributed by atoms with van der Waals surface area (Å²) in [6, 6.07) is 6.85. The molecule has 1 aliphatic rings. The highest BCUT2D eigenvalue weighted by atomic mass is 35.5. The van der Waals surface area contributed by atoms with Crippen molar-refractivity contribution in [1.29, 1.82) is 0 Å². The van der Waals surface area contributed by atoms with Gasteiger partial charge < -0.3 is 5.32 Å². The molecule has 1 aliphatic carbocycles. The second kappa shape index (κ2) is 6.20. The van der Waals surface area contributed by atoms with Gasteiger partial charge in [-0.05, 0) is 49.4 Å². The Labute approximate surface area is 131 Å². The van der Waals surface area contributed by atoms with Gasteiger partial charge >= 0.3 is 0 Å². The van der Waals surface area contributed by atoms with Crippen LogP contribution >= 0.6 is 11.6 Å². The van der Waals surface area contributed by atoms with Crippen LogP contribution in [0.1, 0.15) is 37.4 Å². The first-order chi connectivity index (χ1) is 10.2. The number of aromatic nitrogens is 2. The third-order valence-corrected chi connectivity index (χ3v) is 4.29. The number of hydrogen-bond acceptors (Lipinski definition) is 2. The number of nitrogens with one attached hydrogen (secondary N) is 1. The molecule has 1 fully saturated rings. The number of halogens is 1. The third kappa shape index (κ3) is 3.30. The van der Waals surface area contributed by atoms with E-state index >= 15 is 0 Å². The molecule has 0 bridgehead atoms. The van der Waals surface area contributed by atoms with Gasteiger partial charge in [-0.15, -0.1) is 0 Å². The maximum absolute atomic E-state index is 6.18. The SMILES string of the molecule is CCCn1ncc(-c2ccc(Cl)cc2CNC2CC2)c1C. The predicted octanol–water partition coefficient (Wildman–Crippen LogP) is 4.17. The van der Waals surface area contributed by atoms with Crippen LogP contribution in [0, 0.1) is 6.92 Å². The Hall–Kier alpha value is -1.32. The molecule has 21 heavy (non-hydrogen) atoms. The molecule has 4 heteroatoms. The summed E-state index contributed by atoms with van der Waals surface area (Å²) in [6.45, 7) is 6.16. The van der Waals surface area contributed by atoms with E-state index in [9.17, 15) is 0 Å². The lowest BCUT2D eigenvalue weighted by Crippen LogP contribution is -2.16. The summed E-state index contributed by atoms with van der Waals surface area (Å²) in [7, 11) is 0. The number of hydrogen-bond donors (Lipinski definition) is 1. The highest BCUT2D eigenvalue weighted by Crippen LogP contribution is 2.30. The quantitative estimate of drug-likeness (QED) is 0.868. The van der Waals surface area contributed by atoms with Gasteiger partial charge in [0.2, 0.25) is 0 Å². The molecular weight excluding hydrogens is 282 g/mol. The molecule has 1 N–H and O–H groups in total. The number of nitrogens with zero attached hydrogens (tertiary/aromatic N) is 2. The largest absolute Gasteiger partial charge is 0.310 e. The van der Waals surface area contributed by atoms with Crippen LogP contribution in [-0.4, -0.2) is 15.8 Å². The molecule has 112 valence electrons. The molecule has 0 unspecified atom stereocenters. The van der Waals surface area contributed by atoms with Crippen LogP contribution in [0.2, 0.25) is 5.02 Å². The minimum absolute atomic E-state index is 0.695. The second-order valence-electron chi connectivity index (χ2n) is 5.82. The summed E-state index contributed by atoms with van der Waals surface area (Å²) in [4.78, 5) is 0. The Balaban J connectivity index is 1.92. The molecule has 0 amide bonds. The zero-order chi connectivity index (χ0) is 14.8. The number of benzene rings is 1. The molecule has 2 aromatic rings. The fourth-order valence-electron chi connectivity index (χ4n) is 2.66. The summed E-state index contributed by atoms with van der Waals surface area (Å²) >= 11 is 6.18. The maximum atomic E-state index is 6.18. The van der Waals surface area contributed by atoms with E-state index < -0.39 is 0 Å². The Morgan fingerprint density at radius 3 is 2.86 bits per heavy atom. The van der Waals surface area contributed by atoms with Gasteiger partial charge in [0.05, 0.1) is 6.20 Å². The van der Waals surface area contributed by atoms with Gasteiger partial charge in [-0.25, -0.2) is 0 Å². The van der Waals surface area contributed by atoms with Crippen molar-refractivity contribution in [3.05, 3.63) is 40.7 Å². The van der Waals surface area contributed by atoms with Gasteiger partial charge in [-0.3, -0.25) is 4.68 Å². The smallest absolute Gasteiger partial charge is 0.0571 e. The lowest BCUT2D eigenvalue weighted by Gasteiger charge is -2.11. The summed E-state index contributed by atoms with van der Waals surface area (Å²) in [5.41, 5.74) is 4.94. The molecule has 0 saturated heterocycles. The van der Waals surface area contributed by atoms with Crippen LogP contribution in [-0.2, 0) is 13.1 Å². The van der Waals surface area contributed by atoms with E-state index in [1.807, 2.05) is 12.3 Å². The minimum atomic E-state index is 0.695. The molecule has 1 saturated carbocycles. The van der Waals surface area contributed by atoms with Crippen LogP contribution in [0.4, 0.5) is 0 Å². The van der Waals surface area contributed by atoms with Gasteiger partial charge in [0.15, 0.2) is 0 Å². The molecule has 0 aliphatic heterocycles. The van der Waals surface area contributed by atoms with Crippen molar-refractivity contribution in [2.24, 2.45) is 0 Å². The van der Waals surface area contributed by atoms with Crippen molar-refractivity contribution in [3.8, 4) is 11.1 Å². The third-order valence-electron chi connectivity index (χ3n) is 4.05. The van der Waals surface area contributed by atoms with Gasteiger partial charge in [-0.1, -0.05) is 24.6 Å². The summed E-state index contributed by atoms with van der Waals surface area (Å²) in [5, 5.41) is 8.89. The Morgan fingerprint density at radius 1 is 1.33 bits per heavy atom. The van der Waals surface area contributed by atoms with Crippen LogP contribution in [0.3, 0.4) is 0 Å². The maximum Gasteiger partial charge on any atom is 0.0571 e. The van der Waals surface area contributed by atoms with Crippen molar-refractivity contribution in [2.45, 2.75) is 52.2 Å². The van der Waals surface area contributed by atoms with Crippen molar-refractivity contribution in [1.82, 2.24) is 15.1 Å². The topological polar surface area (TPSA) is 29.9 Å². The fourth-order valence-corrected chi connectivity index (χ4v) is 2.86. The van der Waals surface area contributed by atoms with E-state index in [0.29, 0.717) is 6.04 Å². The normalized spacial score (nSPS) is 14.6. The fraction of sp³-hybridized carbons (Fsp3) is 0.471. The van der Waals surface area contributed by atoms with E-state index in [1.54, 1.807) is 0 Å². The summed E-state index contributed by atoms with van der Waals surface area (Å²) in [6.07, 6.45) is 5.67. The van der Waals surface area contributed by atoms with Gasteiger partial charge in [0, 0.05) is 35.4 Å².